The summed E-state index contributed by atoms with van der Waals surface area (Å²) in [5.41, 5.74) is 2.65. The quantitative estimate of drug-likeness (QED) is 0.880. The Morgan fingerprint density at radius 2 is 2.00 bits per heavy atom. The number of nitrogens with zero attached hydrogens (tertiary/aromatic N) is 1. The first-order chi connectivity index (χ1) is 9.15. The van der Waals surface area contributed by atoms with Gasteiger partial charge in [0, 0.05) is 32.7 Å². The number of benzene rings is 1. The lowest BCUT2D eigenvalue weighted by atomic mass is 10.1. The van der Waals surface area contributed by atoms with E-state index in [1.807, 2.05) is 0 Å². The number of rotatable bonds is 5. The summed E-state index contributed by atoms with van der Waals surface area (Å²) in [5.74, 6) is 1.05. The Bertz CT molecular complexity index is 398. The topological polar surface area (TPSA) is 24.5 Å². The van der Waals surface area contributed by atoms with E-state index in [0.29, 0.717) is 0 Å². The molecule has 0 unspecified atom stereocenters. The highest BCUT2D eigenvalue weighted by molar-refractivity contribution is 5.37. The van der Waals surface area contributed by atoms with Crippen LogP contribution in [-0.4, -0.2) is 43.7 Å². The van der Waals surface area contributed by atoms with Crippen molar-refractivity contribution in [2.45, 2.75) is 33.3 Å². The third-order valence-electron chi connectivity index (χ3n) is 3.49. The normalized spacial score (nSPS) is 16.8. The van der Waals surface area contributed by atoms with Gasteiger partial charge in [0.15, 0.2) is 0 Å². The lowest BCUT2D eigenvalue weighted by Crippen LogP contribution is -2.44. The van der Waals surface area contributed by atoms with Gasteiger partial charge in [0.2, 0.25) is 0 Å². The van der Waals surface area contributed by atoms with Crippen LogP contribution in [0, 0.1) is 6.92 Å². The minimum atomic E-state index is 0.237. The summed E-state index contributed by atoms with van der Waals surface area (Å²) in [4.78, 5) is 2.53. The third-order valence-corrected chi connectivity index (χ3v) is 3.49. The predicted molar refractivity (Wildman–Crippen MR) is 80.0 cm³/mol. The van der Waals surface area contributed by atoms with Gasteiger partial charge in [0.1, 0.15) is 5.75 Å². The molecule has 0 bridgehead atoms. The van der Waals surface area contributed by atoms with Crippen LogP contribution in [0.3, 0.4) is 0 Å². The van der Waals surface area contributed by atoms with E-state index in [1.165, 1.54) is 11.1 Å². The Labute approximate surface area is 116 Å². The zero-order valence-corrected chi connectivity index (χ0v) is 12.4. The molecular weight excluding hydrogens is 236 g/mol. The average molecular weight is 262 g/mol. The Hall–Kier alpha value is -1.06. The molecule has 1 heterocycles. The first-order valence-corrected chi connectivity index (χ1v) is 7.34. The van der Waals surface area contributed by atoms with Gasteiger partial charge in [-0.2, -0.15) is 0 Å². The molecule has 0 amide bonds. The first kappa shape index (κ1) is 14.4. The number of nitrogens with one attached hydrogen (secondary N) is 1. The van der Waals surface area contributed by atoms with Crippen LogP contribution in [0.5, 0.6) is 5.75 Å². The van der Waals surface area contributed by atoms with Crippen LogP contribution in [0.4, 0.5) is 0 Å². The smallest absolute Gasteiger partial charge is 0.122 e. The van der Waals surface area contributed by atoms with Gasteiger partial charge in [0.25, 0.3) is 0 Å². The number of piperazine rings is 1. The molecule has 1 aromatic rings. The van der Waals surface area contributed by atoms with Gasteiger partial charge < -0.3 is 15.0 Å². The van der Waals surface area contributed by atoms with E-state index in [0.717, 1.165) is 44.9 Å². The van der Waals surface area contributed by atoms with E-state index in [-0.39, 0.29) is 6.10 Å². The van der Waals surface area contributed by atoms with Gasteiger partial charge in [-0.15, -0.1) is 0 Å². The van der Waals surface area contributed by atoms with Crippen LogP contribution in [0.25, 0.3) is 0 Å². The highest BCUT2D eigenvalue weighted by Gasteiger charge is 2.11. The monoisotopic (exact) mass is 262 g/mol. The highest BCUT2D eigenvalue weighted by atomic mass is 16.5. The lowest BCUT2D eigenvalue weighted by Gasteiger charge is -2.27. The molecule has 0 aliphatic carbocycles. The van der Waals surface area contributed by atoms with Gasteiger partial charge in [-0.25, -0.2) is 0 Å². The van der Waals surface area contributed by atoms with Gasteiger partial charge >= 0.3 is 0 Å². The Morgan fingerprint density at radius 1 is 1.26 bits per heavy atom. The Morgan fingerprint density at radius 3 is 2.68 bits per heavy atom. The van der Waals surface area contributed by atoms with Crippen molar-refractivity contribution >= 4 is 0 Å². The van der Waals surface area contributed by atoms with Crippen LogP contribution in [0.2, 0.25) is 0 Å². The molecule has 0 spiro atoms. The standard InChI is InChI=1S/C16H26N2O/c1-13(2)19-16-5-4-14(3)12-15(16)6-9-18-10-7-17-8-11-18/h4-5,12-13,17H,6-11H2,1-3H3. The fourth-order valence-electron chi connectivity index (χ4n) is 2.49. The molecular formula is C16H26N2O. The Balaban J connectivity index is 1.98. The van der Waals surface area contributed by atoms with E-state index in [1.54, 1.807) is 0 Å². The van der Waals surface area contributed by atoms with Gasteiger partial charge in [-0.05, 0) is 38.8 Å². The molecule has 1 saturated heterocycles. The summed E-state index contributed by atoms with van der Waals surface area (Å²) >= 11 is 0. The second-order valence-electron chi connectivity index (χ2n) is 5.62. The summed E-state index contributed by atoms with van der Waals surface area (Å²) in [6, 6.07) is 6.51. The summed E-state index contributed by atoms with van der Waals surface area (Å²) in [7, 11) is 0. The summed E-state index contributed by atoms with van der Waals surface area (Å²) < 4.78 is 5.91. The van der Waals surface area contributed by atoms with Crippen molar-refractivity contribution in [3.63, 3.8) is 0 Å². The van der Waals surface area contributed by atoms with Crippen LogP contribution in [-0.2, 0) is 6.42 Å². The molecule has 1 aromatic carbocycles. The second kappa shape index (κ2) is 6.92. The van der Waals surface area contributed by atoms with Crippen molar-refractivity contribution in [3.05, 3.63) is 29.3 Å². The molecule has 0 atom stereocenters. The van der Waals surface area contributed by atoms with E-state index in [4.69, 9.17) is 4.74 Å². The van der Waals surface area contributed by atoms with Crippen LogP contribution in [0.15, 0.2) is 18.2 Å². The molecule has 2 rings (SSSR count). The van der Waals surface area contributed by atoms with E-state index in [9.17, 15) is 0 Å². The minimum Gasteiger partial charge on any atom is -0.491 e. The zero-order chi connectivity index (χ0) is 13.7. The van der Waals surface area contributed by atoms with Gasteiger partial charge in [-0.1, -0.05) is 17.7 Å². The molecule has 0 aromatic heterocycles. The molecule has 1 aliphatic rings. The summed E-state index contributed by atoms with van der Waals surface area (Å²) in [6.07, 6.45) is 1.31. The average Bonchev–Trinajstić information content (AvgIpc) is 2.40. The fourth-order valence-corrected chi connectivity index (χ4v) is 2.49. The van der Waals surface area contributed by atoms with Crippen molar-refractivity contribution < 1.29 is 4.74 Å². The third kappa shape index (κ3) is 4.51. The molecule has 3 heteroatoms. The molecule has 0 radical (unpaired) electrons. The van der Waals surface area contributed by atoms with Crippen LogP contribution < -0.4 is 10.1 Å². The predicted octanol–water partition coefficient (Wildman–Crippen LogP) is 2.23. The number of hydrogen-bond acceptors (Lipinski definition) is 3. The maximum absolute atomic E-state index is 5.91. The van der Waals surface area contributed by atoms with E-state index in [2.05, 4.69) is 49.2 Å². The second-order valence-corrected chi connectivity index (χ2v) is 5.62. The first-order valence-electron chi connectivity index (χ1n) is 7.34. The van der Waals surface area contributed by atoms with Crippen LogP contribution >= 0.6 is 0 Å². The van der Waals surface area contributed by atoms with E-state index < -0.39 is 0 Å². The zero-order valence-electron chi connectivity index (χ0n) is 12.4. The molecule has 0 saturated carbocycles. The molecule has 1 N–H and O–H groups in total. The molecule has 106 valence electrons. The van der Waals surface area contributed by atoms with Crippen molar-refractivity contribution in [1.29, 1.82) is 0 Å². The van der Waals surface area contributed by atoms with Crippen molar-refractivity contribution in [3.8, 4) is 5.75 Å². The van der Waals surface area contributed by atoms with Crippen LogP contribution in [0.1, 0.15) is 25.0 Å². The SMILES string of the molecule is Cc1ccc(OC(C)C)c(CCN2CCNCC2)c1. The molecule has 19 heavy (non-hydrogen) atoms. The number of hydrogen-bond donors (Lipinski definition) is 1. The van der Waals surface area contributed by atoms with Gasteiger partial charge in [0.05, 0.1) is 6.10 Å². The number of aryl methyl sites for hydroxylation is 1. The minimum absolute atomic E-state index is 0.237. The largest absolute Gasteiger partial charge is 0.491 e. The summed E-state index contributed by atoms with van der Waals surface area (Å²) in [6.45, 7) is 12.0. The van der Waals surface area contributed by atoms with E-state index >= 15 is 0 Å². The van der Waals surface area contributed by atoms with Crippen molar-refractivity contribution in [2.75, 3.05) is 32.7 Å². The van der Waals surface area contributed by atoms with Crippen molar-refractivity contribution in [2.24, 2.45) is 0 Å². The fraction of sp³-hybridized carbons (Fsp3) is 0.625. The molecule has 1 aliphatic heterocycles. The highest BCUT2D eigenvalue weighted by Crippen LogP contribution is 2.22. The maximum atomic E-state index is 5.91. The Kier molecular flexibility index (Phi) is 5.23. The summed E-state index contributed by atoms with van der Waals surface area (Å²) in [5, 5.41) is 3.39. The molecule has 3 nitrogen and oxygen atoms in total. The number of ether oxygens (including phenoxy) is 1. The molecule has 1 fully saturated rings. The maximum Gasteiger partial charge on any atom is 0.122 e. The van der Waals surface area contributed by atoms with Gasteiger partial charge in [-0.3, -0.25) is 0 Å². The van der Waals surface area contributed by atoms with Crippen molar-refractivity contribution in [1.82, 2.24) is 10.2 Å². The lowest BCUT2D eigenvalue weighted by molar-refractivity contribution is 0.230.